The van der Waals surface area contributed by atoms with Crippen molar-refractivity contribution in [2.75, 3.05) is 6.61 Å². The van der Waals surface area contributed by atoms with Crippen molar-refractivity contribution in [2.24, 2.45) is 5.92 Å². The Morgan fingerprint density at radius 2 is 1.52 bits per heavy atom. The van der Waals surface area contributed by atoms with Crippen LogP contribution in [0.1, 0.15) is 43.4 Å². The lowest BCUT2D eigenvalue weighted by molar-refractivity contribution is 0.401. The Morgan fingerprint density at radius 3 is 2.12 bits per heavy atom. The molecule has 4 heteroatoms. The van der Waals surface area contributed by atoms with Crippen LogP contribution in [-0.4, -0.2) is 6.61 Å². The highest BCUT2D eigenvalue weighted by Gasteiger charge is 2.30. The van der Waals surface area contributed by atoms with Gasteiger partial charge in [-0.05, 0) is 60.4 Å². The summed E-state index contributed by atoms with van der Waals surface area (Å²) in [5.41, 5.74) is 4.26. The molecule has 33 heavy (non-hydrogen) atoms. The maximum absolute atomic E-state index is 15.0. The third-order valence-corrected chi connectivity index (χ3v) is 6.56. The summed E-state index contributed by atoms with van der Waals surface area (Å²) in [7, 11) is 0. The Balaban J connectivity index is 1.37. The molecule has 0 N–H and O–H groups in total. The summed E-state index contributed by atoms with van der Waals surface area (Å²) in [5.74, 6) is -1.47. The molecule has 0 amide bonds. The molecule has 0 saturated carbocycles. The average molecular weight is 447 g/mol. The third kappa shape index (κ3) is 4.40. The van der Waals surface area contributed by atoms with Gasteiger partial charge in [0.25, 0.3) is 0 Å². The summed E-state index contributed by atoms with van der Waals surface area (Å²) in [6, 6.07) is 15.4. The van der Waals surface area contributed by atoms with Gasteiger partial charge in [0.2, 0.25) is 0 Å². The Labute approximate surface area is 192 Å². The molecule has 1 nitrogen and oxygen atoms in total. The van der Waals surface area contributed by atoms with Gasteiger partial charge >= 0.3 is 0 Å². The first-order valence-electron chi connectivity index (χ1n) is 11.4. The van der Waals surface area contributed by atoms with Crippen LogP contribution in [0.4, 0.5) is 13.2 Å². The highest BCUT2D eigenvalue weighted by Crippen LogP contribution is 2.37. The van der Waals surface area contributed by atoms with Gasteiger partial charge in [-0.1, -0.05) is 66.8 Å². The largest absolute Gasteiger partial charge is 0.368 e. The van der Waals surface area contributed by atoms with E-state index >= 15 is 0 Å². The highest BCUT2D eigenvalue weighted by atomic mass is 19.2. The van der Waals surface area contributed by atoms with Crippen molar-refractivity contribution in [3.8, 4) is 22.3 Å². The predicted molar refractivity (Wildman–Crippen MR) is 126 cm³/mol. The van der Waals surface area contributed by atoms with E-state index in [1.807, 2.05) is 13.0 Å². The van der Waals surface area contributed by atoms with Crippen LogP contribution >= 0.6 is 0 Å². The maximum Gasteiger partial charge on any atom is 0.167 e. The van der Waals surface area contributed by atoms with E-state index in [2.05, 4.69) is 18.2 Å². The minimum Gasteiger partial charge on any atom is -0.368 e. The molecule has 1 aliphatic heterocycles. The first-order valence-corrected chi connectivity index (χ1v) is 11.4. The van der Waals surface area contributed by atoms with Crippen LogP contribution in [0.5, 0.6) is 0 Å². The lowest BCUT2D eigenvalue weighted by Crippen LogP contribution is -2.02. The Hall–Kier alpha value is -3.11. The normalized spacial score (nSPS) is 20.2. The van der Waals surface area contributed by atoms with Crippen molar-refractivity contribution >= 4 is 5.57 Å². The summed E-state index contributed by atoms with van der Waals surface area (Å²) < 4.78 is 49.0. The van der Waals surface area contributed by atoms with Crippen LogP contribution in [-0.2, 0) is 4.74 Å². The monoisotopic (exact) mass is 446 g/mol. The summed E-state index contributed by atoms with van der Waals surface area (Å²) in [5, 5.41) is 0. The van der Waals surface area contributed by atoms with Crippen LogP contribution in [0.3, 0.4) is 0 Å². The molecular formula is C29H25F3O. The zero-order valence-corrected chi connectivity index (χ0v) is 18.5. The van der Waals surface area contributed by atoms with Crippen molar-refractivity contribution in [1.29, 1.82) is 0 Å². The lowest BCUT2D eigenvalue weighted by atomic mass is 9.86. The van der Waals surface area contributed by atoms with E-state index in [0.717, 1.165) is 24.8 Å². The fourth-order valence-corrected chi connectivity index (χ4v) is 4.61. The minimum absolute atomic E-state index is 0.180. The number of ether oxygens (including phenoxy) is 1. The summed E-state index contributed by atoms with van der Waals surface area (Å²) in [4.78, 5) is 0. The van der Waals surface area contributed by atoms with Crippen molar-refractivity contribution in [3.05, 3.63) is 101 Å². The quantitative estimate of drug-likeness (QED) is 0.284. The molecule has 0 radical (unpaired) electrons. The number of halogens is 3. The summed E-state index contributed by atoms with van der Waals surface area (Å²) >= 11 is 0. The van der Waals surface area contributed by atoms with E-state index in [0.29, 0.717) is 29.2 Å². The summed E-state index contributed by atoms with van der Waals surface area (Å²) in [6.07, 6.45) is 9.19. The van der Waals surface area contributed by atoms with E-state index in [-0.39, 0.29) is 23.0 Å². The standard InChI is InChI=1S/C29H25F3O/c1-2-3-18-4-6-19(7-5-18)22-12-13-23(26(30)16-22)20-8-10-21(11-9-20)24-14-15-25(27-17-33-27)29(32)28(24)31/h2-3,6,8-16,18,27H,4-5,7,17H2,1H3/b3-2+. The molecule has 3 aromatic carbocycles. The van der Waals surface area contributed by atoms with Crippen molar-refractivity contribution in [3.63, 3.8) is 0 Å². The fraction of sp³-hybridized carbons (Fsp3) is 0.241. The molecule has 2 atom stereocenters. The minimum atomic E-state index is -0.885. The van der Waals surface area contributed by atoms with Crippen LogP contribution in [0.25, 0.3) is 27.8 Å². The van der Waals surface area contributed by atoms with Crippen molar-refractivity contribution < 1.29 is 17.9 Å². The zero-order valence-electron chi connectivity index (χ0n) is 18.5. The second kappa shape index (κ2) is 9.03. The zero-order chi connectivity index (χ0) is 22.9. The average Bonchev–Trinajstić information content (AvgIpc) is 3.67. The summed E-state index contributed by atoms with van der Waals surface area (Å²) in [6.45, 7) is 2.46. The molecule has 3 aromatic rings. The van der Waals surface area contributed by atoms with Crippen molar-refractivity contribution in [2.45, 2.75) is 32.3 Å². The van der Waals surface area contributed by atoms with E-state index in [4.69, 9.17) is 4.74 Å². The number of hydrogen-bond acceptors (Lipinski definition) is 1. The lowest BCUT2D eigenvalue weighted by Gasteiger charge is -2.20. The predicted octanol–water partition coefficient (Wildman–Crippen LogP) is 8.27. The van der Waals surface area contributed by atoms with Gasteiger partial charge in [-0.2, -0.15) is 0 Å². The first kappa shape index (κ1) is 21.7. The smallest absolute Gasteiger partial charge is 0.167 e. The van der Waals surface area contributed by atoms with E-state index < -0.39 is 11.6 Å². The first-order chi connectivity index (χ1) is 16.0. The van der Waals surface area contributed by atoms with Gasteiger partial charge in [0.1, 0.15) is 11.9 Å². The molecule has 1 saturated heterocycles. The number of allylic oxidation sites excluding steroid dienone is 4. The molecule has 5 rings (SSSR count). The van der Waals surface area contributed by atoms with Gasteiger partial charge in [-0.3, -0.25) is 0 Å². The van der Waals surface area contributed by atoms with Crippen LogP contribution in [0.2, 0.25) is 0 Å². The molecule has 2 unspecified atom stereocenters. The molecule has 0 spiro atoms. The molecule has 2 aliphatic rings. The van der Waals surface area contributed by atoms with Gasteiger partial charge in [0.05, 0.1) is 6.61 Å². The molecule has 1 heterocycles. The van der Waals surface area contributed by atoms with E-state index in [1.165, 1.54) is 5.57 Å². The van der Waals surface area contributed by atoms with Gasteiger partial charge < -0.3 is 4.74 Å². The highest BCUT2D eigenvalue weighted by molar-refractivity contribution is 5.74. The number of rotatable bonds is 5. The van der Waals surface area contributed by atoms with E-state index in [1.54, 1.807) is 48.5 Å². The second-order valence-corrected chi connectivity index (χ2v) is 8.71. The second-order valence-electron chi connectivity index (χ2n) is 8.71. The van der Waals surface area contributed by atoms with Gasteiger partial charge in [-0.25, -0.2) is 13.2 Å². The molecule has 1 fully saturated rings. The molecule has 0 bridgehead atoms. The maximum atomic E-state index is 15.0. The van der Waals surface area contributed by atoms with Gasteiger partial charge in [0.15, 0.2) is 11.6 Å². The third-order valence-electron chi connectivity index (χ3n) is 6.56. The molecular weight excluding hydrogens is 421 g/mol. The Bertz CT molecular complexity index is 1240. The van der Waals surface area contributed by atoms with Crippen LogP contribution < -0.4 is 0 Å². The van der Waals surface area contributed by atoms with Gasteiger partial charge in [0, 0.05) is 16.7 Å². The molecule has 168 valence electrons. The molecule has 0 aromatic heterocycles. The van der Waals surface area contributed by atoms with E-state index in [9.17, 15) is 13.2 Å². The van der Waals surface area contributed by atoms with Crippen molar-refractivity contribution in [1.82, 2.24) is 0 Å². The van der Waals surface area contributed by atoms with Gasteiger partial charge in [-0.15, -0.1) is 0 Å². The SMILES string of the molecule is C/C=C/C1CC=C(c2ccc(-c3ccc(-c4ccc(C5CO5)c(F)c4F)cc3)c(F)c2)CC1. The number of benzene rings is 3. The molecule has 1 aliphatic carbocycles. The Kier molecular flexibility index (Phi) is 5.94. The number of epoxide rings is 1. The Morgan fingerprint density at radius 1 is 0.848 bits per heavy atom. The number of hydrogen-bond donors (Lipinski definition) is 0. The van der Waals surface area contributed by atoms with Crippen LogP contribution in [0.15, 0.2) is 72.8 Å². The fourth-order valence-electron chi connectivity index (χ4n) is 4.61. The van der Waals surface area contributed by atoms with Crippen LogP contribution in [0, 0.1) is 23.4 Å². The topological polar surface area (TPSA) is 12.5 Å².